The topological polar surface area (TPSA) is 67.4 Å². The number of hydrogen-bond acceptors (Lipinski definition) is 4. The van der Waals surface area contributed by atoms with E-state index in [0.29, 0.717) is 12.3 Å². The van der Waals surface area contributed by atoms with Crippen LogP contribution in [-0.2, 0) is 9.53 Å². The van der Waals surface area contributed by atoms with Crippen molar-refractivity contribution in [1.29, 1.82) is 0 Å². The third-order valence-electron chi connectivity index (χ3n) is 3.18. The van der Waals surface area contributed by atoms with Crippen molar-refractivity contribution in [2.24, 2.45) is 0 Å². The fraction of sp³-hybridized carbons (Fsp3) is 0.222. The van der Waals surface area contributed by atoms with Crippen LogP contribution in [0.25, 0.3) is 6.08 Å². The highest BCUT2D eigenvalue weighted by Crippen LogP contribution is 2.18. The van der Waals surface area contributed by atoms with Gasteiger partial charge in [0.25, 0.3) is 0 Å². The number of ether oxygens (including phenoxy) is 1. The maximum absolute atomic E-state index is 12.0. The van der Waals surface area contributed by atoms with Crippen molar-refractivity contribution >= 4 is 35.1 Å². The molecule has 0 aliphatic heterocycles. The Bertz CT molecular complexity index is 694. The van der Waals surface area contributed by atoms with Crippen molar-refractivity contribution in [2.45, 2.75) is 19.9 Å². The molecule has 2 rings (SSSR count). The molecule has 5 nitrogen and oxygen atoms in total. The average Bonchev–Trinajstić information content (AvgIpc) is 3.09. The van der Waals surface area contributed by atoms with E-state index < -0.39 is 0 Å². The summed E-state index contributed by atoms with van der Waals surface area (Å²) in [7, 11) is 0. The molecule has 1 atom stereocenters. The van der Waals surface area contributed by atoms with Crippen LogP contribution in [0.1, 0.15) is 30.3 Å². The molecular weight excluding hydrogens is 324 g/mol. The van der Waals surface area contributed by atoms with Gasteiger partial charge < -0.3 is 15.4 Å². The van der Waals surface area contributed by atoms with Crippen LogP contribution in [0, 0.1) is 0 Å². The van der Waals surface area contributed by atoms with Gasteiger partial charge >= 0.3 is 12.0 Å². The maximum Gasteiger partial charge on any atom is 0.330 e. The molecule has 0 spiro atoms. The van der Waals surface area contributed by atoms with Crippen molar-refractivity contribution in [3.8, 4) is 0 Å². The quantitative estimate of drug-likeness (QED) is 0.609. The molecule has 0 radical (unpaired) electrons. The zero-order chi connectivity index (χ0) is 17.4. The van der Waals surface area contributed by atoms with Crippen LogP contribution in [0.15, 0.2) is 47.9 Å². The summed E-state index contributed by atoms with van der Waals surface area (Å²) in [5, 5.41) is 7.65. The molecule has 0 aliphatic carbocycles. The van der Waals surface area contributed by atoms with Crippen molar-refractivity contribution in [3.05, 3.63) is 58.3 Å². The molecule has 0 saturated carbocycles. The second-order valence-electron chi connectivity index (χ2n) is 5.04. The third-order valence-corrected chi connectivity index (χ3v) is 4.24. The van der Waals surface area contributed by atoms with Crippen LogP contribution < -0.4 is 10.6 Å². The van der Waals surface area contributed by atoms with E-state index in [1.807, 2.05) is 36.6 Å². The first kappa shape index (κ1) is 17.7. The Morgan fingerprint density at radius 2 is 2.00 bits per heavy atom. The van der Waals surface area contributed by atoms with Gasteiger partial charge in [0.15, 0.2) is 0 Å². The zero-order valence-corrected chi connectivity index (χ0v) is 14.4. The summed E-state index contributed by atoms with van der Waals surface area (Å²) in [6.07, 6.45) is 3.04. The largest absolute Gasteiger partial charge is 0.463 e. The lowest BCUT2D eigenvalue weighted by Gasteiger charge is -2.13. The lowest BCUT2D eigenvalue weighted by Crippen LogP contribution is -2.30. The van der Waals surface area contributed by atoms with Crippen LogP contribution in [0.2, 0.25) is 0 Å². The van der Waals surface area contributed by atoms with Gasteiger partial charge in [0.05, 0.1) is 12.6 Å². The Hall–Kier alpha value is -2.60. The first-order valence-electron chi connectivity index (χ1n) is 7.64. The van der Waals surface area contributed by atoms with E-state index in [0.717, 1.165) is 10.4 Å². The van der Waals surface area contributed by atoms with Gasteiger partial charge in [-0.1, -0.05) is 18.2 Å². The molecule has 24 heavy (non-hydrogen) atoms. The number of benzene rings is 1. The SMILES string of the molecule is CCOC(=O)/C=C\c1ccc(NC(=O)N[C@@H](C)c2cccs2)cc1. The predicted octanol–water partition coefficient (Wildman–Crippen LogP) is 4.21. The van der Waals surface area contributed by atoms with E-state index >= 15 is 0 Å². The molecule has 1 aromatic carbocycles. The number of esters is 1. The second kappa shape index (κ2) is 8.88. The number of carbonyl (C=O) groups is 2. The summed E-state index contributed by atoms with van der Waals surface area (Å²) in [6, 6.07) is 10.8. The molecule has 1 aromatic heterocycles. The molecular formula is C18H20N2O3S. The number of rotatable bonds is 6. The Morgan fingerprint density at radius 3 is 2.62 bits per heavy atom. The summed E-state index contributed by atoms with van der Waals surface area (Å²) < 4.78 is 4.82. The zero-order valence-electron chi connectivity index (χ0n) is 13.6. The highest BCUT2D eigenvalue weighted by Gasteiger charge is 2.10. The molecule has 2 aromatic rings. The number of nitrogens with one attached hydrogen (secondary N) is 2. The van der Waals surface area contributed by atoms with Crippen molar-refractivity contribution in [1.82, 2.24) is 5.32 Å². The van der Waals surface area contributed by atoms with Gasteiger partial charge in [0.1, 0.15) is 0 Å². The van der Waals surface area contributed by atoms with Crippen molar-refractivity contribution in [3.63, 3.8) is 0 Å². The lowest BCUT2D eigenvalue weighted by molar-refractivity contribution is -0.137. The molecule has 2 N–H and O–H groups in total. The summed E-state index contributed by atoms with van der Waals surface area (Å²) in [6.45, 7) is 4.05. The fourth-order valence-corrected chi connectivity index (χ4v) is 2.74. The number of hydrogen-bond donors (Lipinski definition) is 2. The molecule has 0 fully saturated rings. The molecule has 2 amide bonds. The number of anilines is 1. The molecule has 1 heterocycles. The monoisotopic (exact) mass is 344 g/mol. The van der Waals surface area contributed by atoms with E-state index in [2.05, 4.69) is 10.6 Å². The Kier molecular flexibility index (Phi) is 6.57. The highest BCUT2D eigenvalue weighted by atomic mass is 32.1. The summed E-state index contributed by atoms with van der Waals surface area (Å²) in [4.78, 5) is 24.4. The van der Waals surface area contributed by atoms with Gasteiger partial charge in [0.2, 0.25) is 0 Å². The number of amides is 2. The second-order valence-corrected chi connectivity index (χ2v) is 6.02. The number of urea groups is 1. The smallest absolute Gasteiger partial charge is 0.330 e. The highest BCUT2D eigenvalue weighted by molar-refractivity contribution is 7.10. The van der Waals surface area contributed by atoms with Gasteiger partial charge in [0, 0.05) is 16.6 Å². The minimum absolute atomic E-state index is 0.0446. The molecule has 0 aliphatic rings. The van der Waals surface area contributed by atoms with Gasteiger partial charge in [-0.25, -0.2) is 9.59 Å². The minimum Gasteiger partial charge on any atom is -0.463 e. The first-order chi connectivity index (χ1) is 11.6. The standard InChI is InChI=1S/C18H20N2O3S/c1-3-23-17(21)11-8-14-6-9-15(10-7-14)20-18(22)19-13(2)16-5-4-12-24-16/h4-13H,3H2,1-2H3,(H2,19,20,22)/b11-8-/t13-/m0/s1. The third kappa shape index (κ3) is 5.55. The number of thiophene rings is 1. The average molecular weight is 344 g/mol. The predicted molar refractivity (Wildman–Crippen MR) is 97.0 cm³/mol. The van der Waals surface area contributed by atoms with E-state index in [-0.39, 0.29) is 18.0 Å². The summed E-state index contributed by atoms with van der Waals surface area (Å²) in [5.41, 5.74) is 1.53. The molecule has 0 bridgehead atoms. The van der Waals surface area contributed by atoms with E-state index in [9.17, 15) is 9.59 Å². The summed E-state index contributed by atoms with van der Waals surface area (Å²) >= 11 is 1.60. The van der Waals surface area contributed by atoms with Gasteiger partial charge in [-0.2, -0.15) is 0 Å². The van der Waals surface area contributed by atoms with E-state index in [4.69, 9.17) is 4.74 Å². The Labute approximate surface area is 145 Å². The van der Waals surface area contributed by atoms with E-state index in [1.54, 1.807) is 36.5 Å². The lowest BCUT2D eigenvalue weighted by atomic mass is 10.2. The Balaban J connectivity index is 1.87. The van der Waals surface area contributed by atoms with Crippen LogP contribution in [0.5, 0.6) is 0 Å². The van der Waals surface area contributed by atoms with Crippen LogP contribution in [0.4, 0.5) is 10.5 Å². The minimum atomic E-state index is -0.373. The van der Waals surface area contributed by atoms with Gasteiger partial charge in [-0.05, 0) is 49.1 Å². The normalized spacial score (nSPS) is 11.9. The van der Waals surface area contributed by atoms with Gasteiger partial charge in [-0.3, -0.25) is 0 Å². The van der Waals surface area contributed by atoms with Crippen LogP contribution >= 0.6 is 11.3 Å². The molecule has 6 heteroatoms. The molecule has 0 unspecified atom stereocenters. The Morgan fingerprint density at radius 1 is 1.25 bits per heavy atom. The maximum atomic E-state index is 12.0. The van der Waals surface area contributed by atoms with Crippen molar-refractivity contribution < 1.29 is 14.3 Å². The fourth-order valence-electron chi connectivity index (χ4n) is 2.00. The summed E-state index contributed by atoms with van der Waals surface area (Å²) in [5.74, 6) is -0.373. The van der Waals surface area contributed by atoms with E-state index in [1.165, 1.54) is 6.08 Å². The van der Waals surface area contributed by atoms with Crippen LogP contribution in [0.3, 0.4) is 0 Å². The van der Waals surface area contributed by atoms with Crippen LogP contribution in [-0.4, -0.2) is 18.6 Å². The van der Waals surface area contributed by atoms with Gasteiger partial charge in [-0.15, -0.1) is 11.3 Å². The van der Waals surface area contributed by atoms with Crippen molar-refractivity contribution in [2.75, 3.05) is 11.9 Å². The first-order valence-corrected chi connectivity index (χ1v) is 8.52. The number of carbonyl (C=O) groups excluding carboxylic acids is 2. The molecule has 0 saturated heterocycles. The molecule has 126 valence electrons.